The smallest absolute Gasteiger partial charge is 0.254 e. The molecule has 2 saturated heterocycles. The lowest BCUT2D eigenvalue weighted by molar-refractivity contribution is -0.122. The standard InChI is InChI=1S/C21H23FN4O3/c22-17-3-1-2-15(10-17)12-25-8-5-18(27)24-21(13-25)6-9-26(14-21)20(29)16-4-7-23-19(28)11-16/h1-4,7,10-11H,5-6,8-9,12-14H2,(H,23,28)(H,24,27). The van der Waals surface area contributed by atoms with E-state index in [2.05, 4.69) is 15.2 Å². The summed E-state index contributed by atoms with van der Waals surface area (Å²) in [6, 6.07) is 9.33. The number of benzene rings is 1. The van der Waals surface area contributed by atoms with Gasteiger partial charge in [0.1, 0.15) is 5.82 Å². The molecule has 1 spiro atoms. The van der Waals surface area contributed by atoms with Crippen molar-refractivity contribution in [1.29, 1.82) is 0 Å². The van der Waals surface area contributed by atoms with Crippen LogP contribution in [0.2, 0.25) is 0 Å². The lowest BCUT2D eigenvalue weighted by Crippen LogP contribution is -2.55. The summed E-state index contributed by atoms with van der Waals surface area (Å²) < 4.78 is 13.5. The number of halogens is 1. The maximum Gasteiger partial charge on any atom is 0.254 e. The molecular weight excluding hydrogens is 375 g/mol. The molecule has 8 heteroatoms. The zero-order chi connectivity index (χ0) is 20.4. The molecular formula is C21H23FN4O3. The molecule has 0 bridgehead atoms. The number of carbonyl (C=O) groups is 2. The highest BCUT2D eigenvalue weighted by Crippen LogP contribution is 2.27. The van der Waals surface area contributed by atoms with Gasteiger partial charge in [0.25, 0.3) is 5.91 Å². The number of pyridine rings is 1. The first-order valence-electron chi connectivity index (χ1n) is 9.68. The van der Waals surface area contributed by atoms with E-state index in [1.54, 1.807) is 17.0 Å². The number of rotatable bonds is 3. The molecule has 1 unspecified atom stereocenters. The number of nitrogens with zero attached hydrogens (tertiary/aromatic N) is 2. The van der Waals surface area contributed by atoms with Gasteiger partial charge in [-0.25, -0.2) is 4.39 Å². The summed E-state index contributed by atoms with van der Waals surface area (Å²) in [6.07, 6.45) is 2.45. The van der Waals surface area contributed by atoms with E-state index in [4.69, 9.17) is 0 Å². The number of hydrogen-bond acceptors (Lipinski definition) is 4. The van der Waals surface area contributed by atoms with E-state index in [1.807, 2.05) is 6.07 Å². The van der Waals surface area contributed by atoms with Gasteiger partial charge in [-0.3, -0.25) is 19.3 Å². The minimum Gasteiger partial charge on any atom is -0.347 e. The minimum absolute atomic E-state index is 0.0443. The molecule has 3 heterocycles. The van der Waals surface area contributed by atoms with Crippen LogP contribution in [0.5, 0.6) is 0 Å². The number of carbonyl (C=O) groups excluding carboxylic acids is 2. The second kappa shape index (κ2) is 7.79. The van der Waals surface area contributed by atoms with Crippen LogP contribution in [0.3, 0.4) is 0 Å². The Bertz CT molecular complexity index is 992. The van der Waals surface area contributed by atoms with Gasteiger partial charge >= 0.3 is 0 Å². The van der Waals surface area contributed by atoms with Gasteiger partial charge in [-0.15, -0.1) is 0 Å². The van der Waals surface area contributed by atoms with E-state index in [1.165, 1.54) is 24.4 Å². The summed E-state index contributed by atoms with van der Waals surface area (Å²) in [6.45, 7) is 2.57. The number of nitrogens with one attached hydrogen (secondary N) is 2. The number of aromatic amines is 1. The molecule has 2 aliphatic rings. The molecule has 2 aliphatic heterocycles. The van der Waals surface area contributed by atoms with Crippen LogP contribution in [0.15, 0.2) is 47.4 Å². The second-order valence-corrected chi connectivity index (χ2v) is 7.84. The number of amides is 2. The van der Waals surface area contributed by atoms with Gasteiger partial charge in [0.05, 0.1) is 5.54 Å². The highest BCUT2D eigenvalue weighted by molar-refractivity contribution is 5.94. The molecule has 152 valence electrons. The van der Waals surface area contributed by atoms with Gasteiger partial charge in [0, 0.05) is 57.0 Å². The van der Waals surface area contributed by atoms with Crippen LogP contribution in [0.1, 0.15) is 28.8 Å². The molecule has 29 heavy (non-hydrogen) atoms. The highest BCUT2D eigenvalue weighted by Gasteiger charge is 2.43. The van der Waals surface area contributed by atoms with Crippen molar-refractivity contribution in [3.63, 3.8) is 0 Å². The van der Waals surface area contributed by atoms with Crippen molar-refractivity contribution in [2.24, 2.45) is 0 Å². The summed E-state index contributed by atoms with van der Waals surface area (Å²) in [4.78, 5) is 43.0. The Morgan fingerprint density at radius 3 is 2.79 bits per heavy atom. The summed E-state index contributed by atoms with van der Waals surface area (Å²) in [7, 11) is 0. The van der Waals surface area contributed by atoms with Crippen LogP contribution < -0.4 is 10.9 Å². The average Bonchev–Trinajstić information content (AvgIpc) is 3.01. The van der Waals surface area contributed by atoms with Gasteiger partial charge in [0.15, 0.2) is 0 Å². The molecule has 0 radical (unpaired) electrons. The maximum absolute atomic E-state index is 13.5. The predicted molar refractivity (Wildman–Crippen MR) is 105 cm³/mol. The normalized spacial score (nSPS) is 22.5. The monoisotopic (exact) mass is 398 g/mol. The molecule has 2 amide bonds. The molecule has 0 saturated carbocycles. The van der Waals surface area contributed by atoms with Crippen molar-refractivity contribution >= 4 is 11.8 Å². The number of aromatic nitrogens is 1. The SMILES string of the molecule is O=C1CCN(Cc2cccc(F)c2)CC2(CCN(C(=O)c3cc[nH]c(=O)c3)C2)N1. The Morgan fingerprint density at radius 1 is 1.14 bits per heavy atom. The Hall–Kier alpha value is -3.00. The van der Waals surface area contributed by atoms with Crippen molar-refractivity contribution < 1.29 is 14.0 Å². The average molecular weight is 398 g/mol. The fraction of sp³-hybridized carbons (Fsp3) is 0.381. The van der Waals surface area contributed by atoms with Crippen LogP contribution >= 0.6 is 0 Å². The summed E-state index contributed by atoms with van der Waals surface area (Å²) in [5.41, 5.74) is 0.317. The highest BCUT2D eigenvalue weighted by atomic mass is 19.1. The molecule has 0 aliphatic carbocycles. The Labute approximate surface area is 167 Å². The van der Waals surface area contributed by atoms with E-state index >= 15 is 0 Å². The fourth-order valence-corrected chi connectivity index (χ4v) is 4.23. The maximum atomic E-state index is 13.5. The minimum atomic E-state index is -0.544. The number of hydrogen-bond donors (Lipinski definition) is 2. The second-order valence-electron chi connectivity index (χ2n) is 7.84. The molecule has 1 aromatic heterocycles. The topological polar surface area (TPSA) is 85.5 Å². The van der Waals surface area contributed by atoms with Crippen molar-refractivity contribution in [2.45, 2.75) is 24.9 Å². The lowest BCUT2D eigenvalue weighted by atomic mass is 9.97. The summed E-state index contributed by atoms with van der Waals surface area (Å²) in [5, 5.41) is 3.11. The van der Waals surface area contributed by atoms with Gasteiger partial charge < -0.3 is 15.2 Å². The molecule has 1 aromatic carbocycles. The molecule has 2 aromatic rings. The molecule has 4 rings (SSSR count). The van der Waals surface area contributed by atoms with E-state index in [-0.39, 0.29) is 23.2 Å². The lowest BCUT2D eigenvalue weighted by Gasteiger charge is -2.33. The van der Waals surface area contributed by atoms with Crippen LogP contribution in [0.4, 0.5) is 4.39 Å². The van der Waals surface area contributed by atoms with Crippen LogP contribution in [0, 0.1) is 5.82 Å². The quantitative estimate of drug-likeness (QED) is 0.812. The zero-order valence-electron chi connectivity index (χ0n) is 16.0. The Kier molecular flexibility index (Phi) is 5.19. The molecule has 7 nitrogen and oxygen atoms in total. The van der Waals surface area contributed by atoms with Crippen molar-refractivity contribution in [2.75, 3.05) is 26.2 Å². The zero-order valence-corrected chi connectivity index (χ0v) is 16.0. The van der Waals surface area contributed by atoms with Gasteiger partial charge in [-0.1, -0.05) is 12.1 Å². The molecule has 2 N–H and O–H groups in total. The van der Waals surface area contributed by atoms with Crippen molar-refractivity contribution in [3.05, 3.63) is 69.9 Å². The Morgan fingerprint density at radius 2 is 2.00 bits per heavy atom. The third-order valence-electron chi connectivity index (χ3n) is 5.54. The predicted octanol–water partition coefficient (Wildman–Crippen LogP) is 1.12. The Balaban J connectivity index is 1.50. The first-order valence-corrected chi connectivity index (χ1v) is 9.68. The van der Waals surface area contributed by atoms with Crippen LogP contribution in [-0.2, 0) is 11.3 Å². The molecule has 1 atom stereocenters. The number of H-pyrrole nitrogens is 1. The van der Waals surface area contributed by atoms with Crippen molar-refractivity contribution in [1.82, 2.24) is 20.1 Å². The first kappa shape index (κ1) is 19.3. The third kappa shape index (κ3) is 4.37. The summed E-state index contributed by atoms with van der Waals surface area (Å²) in [5.74, 6) is -0.544. The van der Waals surface area contributed by atoms with Gasteiger partial charge in [0.2, 0.25) is 11.5 Å². The first-order chi connectivity index (χ1) is 13.9. The van der Waals surface area contributed by atoms with E-state index in [0.717, 1.165) is 5.56 Å². The van der Waals surface area contributed by atoms with Gasteiger partial charge in [-0.2, -0.15) is 0 Å². The largest absolute Gasteiger partial charge is 0.347 e. The fourth-order valence-electron chi connectivity index (χ4n) is 4.23. The molecule has 2 fully saturated rings. The van der Waals surface area contributed by atoms with Gasteiger partial charge in [-0.05, 0) is 30.2 Å². The van der Waals surface area contributed by atoms with Crippen LogP contribution in [0.25, 0.3) is 0 Å². The summed E-state index contributed by atoms with van der Waals surface area (Å²) >= 11 is 0. The third-order valence-corrected chi connectivity index (χ3v) is 5.54. The van der Waals surface area contributed by atoms with Crippen LogP contribution in [-0.4, -0.2) is 58.3 Å². The van der Waals surface area contributed by atoms with E-state index < -0.39 is 5.54 Å². The van der Waals surface area contributed by atoms with E-state index in [0.29, 0.717) is 51.1 Å². The van der Waals surface area contributed by atoms with E-state index in [9.17, 15) is 18.8 Å². The van der Waals surface area contributed by atoms with Crippen molar-refractivity contribution in [3.8, 4) is 0 Å². The number of likely N-dealkylation sites (tertiary alicyclic amines) is 1.